The molecule has 3 aliphatic rings. The molecule has 3 fully saturated rings. The number of ketones is 1. The normalized spacial score (nSPS) is 31.2. The van der Waals surface area contributed by atoms with Gasteiger partial charge in [-0.15, -0.1) is 0 Å². The minimum Gasteiger partial charge on any atom is -0.508 e. The molecule has 0 aliphatic heterocycles. The van der Waals surface area contributed by atoms with Gasteiger partial charge in [-0.05, 0) is 53.5 Å². The number of rotatable bonds is 1. The van der Waals surface area contributed by atoms with Crippen molar-refractivity contribution in [3.63, 3.8) is 0 Å². The number of phenols is 1. The molecule has 94 valence electrons. The van der Waals surface area contributed by atoms with Gasteiger partial charge in [0.2, 0.25) is 0 Å². The number of hydrogen-bond donors (Lipinski definition) is 1. The van der Waals surface area contributed by atoms with Crippen LogP contribution in [0.4, 0.5) is 0 Å². The average Bonchev–Trinajstić information content (AvgIpc) is 2.31. The second-order valence-electron chi connectivity index (χ2n) is 6.14. The van der Waals surface area contributed by atoms with Crippen LogP contribution in [0.1, 0.15) is 32.3 Å². The van der Waals surface area contributed by atoms with Crippen LogP contribution in [0.15, 0.2) is 29.8 Å². The summed E-state index contributed by atoms with van der Waals surface area (Å²) in [7, 11) is 0. The quantitative estimate of drug-likeness (QED) is 0.766. The van der Waals surface area contributed by atoms with Gasteiger partial charge < -0.3 is 5.11 Å². The predicted molar refractivity (Wildman–Crippen MR) is 71.1 cm³/mol. The van der Waals surface area contributed by atoms with Crippen molar-refractivity contribution in [2.24, 2.45) is 17.3 Å². The van der Waals surface area contributed by atoms with E-state index in [4.69, 9.17) is 0 Å². The second-order valence-corrected chi connectivity index (χ2v) is 6.14. The van der Waals surface area contributed by atoms with E-state index in [1.807, 2.05) is 12.1 Å². The molecule has 2 heteroatoms. The number of fused-ring (bicyclic) bond motifs is 2. The number of hydrogen-bond acceptors (Lipinski definition) is 2. The molecule has 0 spiro atoms. The number of carbonyl (C=O) groups is 1. The molecular weight excluding hydrogens is 224 g/mol. The van der Waals surface area contributed by atoms with Crippen molar-refractivity contribution in [1.29, 1.82) is 0 Å². The van der Waals surface area contributed by atoms with Gasteiger partial charge in [-0.3, -0.25) is 4.79 Å². The Hall–Kier alpha value is -1.57. The third kappa shape index (κ3) is 1.59. The van der Waals surface area contributed by atoms with Crippen molar-refractivity contribution < 1.29 is 9.90 Å². The summed E-state index contributed by atoms with van der Waals surface area (Å²) in [6.07, 6.45) is 3.89. The summed E-state index contributed by atoms with van der Waals surface area (Å²) < 4.78 is 0. The average molecular weight is 242 g/mol. The van der Waals surface area contributed by atoms with Crippen LogP contribution in [0.25, 0.3) is 6.08 Å². The molecule has 18 heavy (non-hydrogen) atoms. The number of benzene rings is 1. The highest BCUT2D eigenvalue weighted by molar-refractivity contribution is 6.03. The maximum Gasteiger partial charge on any atom is 0.162 e. The first-order valence-corrected chi connectivity index (χ1v) is 6.52. The number of phenolic OH excluding ortho intramolecular Hbond substituents is 1. The van der Waals surface area contributed by atoms with E-state index in [2.05, 4.69) is 13.8 Å². The van der Waals surface area contributed by atoms with E-state index in [9.17, 15) is 9.90 Å². The van der Waals surface area contributed by atoms with Crippen LogP contribution in [0.3, 0.4) is 0 Å². The van der Waals surface area contributed by atoms with E-state index in [1.54, 1.807) is 18.2 Å². The van der Waals surface area contributed by atoms with Crippen molar-refractivity contribution in [3.8, 4) is 5.75 Å². The molecule has 0 amide bonds. The van der Waals surface area contributed by atoms with Gasteiger partial charge >= 0.3 is 0 Å². The lowest BCUT2D eigenvalue weighted by atomic mass is 9.47. The summed E-state index contributed by atoms with van der Waals surface area (Å²) >= 11 is 0. The first kappa shape index (κ1) is 11.5. The van der Waals surface area contributed by atoms with E-state index in [0.29, 0.717) is 11.7 Å². The Balaban J connectivity index is 1.89. The smallest absolute Gasteiger partial charge is 0.162 e. The van der Waals surface area contributed by atoms with Gasteiger partial charge in [0.05, 0.1) is 0 Å². The van der Waals surface area contributed by atoms with Gasteiger partial charge in [-0.25, -0.2) is 0 Å². The number of allylic oxidation sites excluding steroid dienone is 1. The fourth-order valence-electron chi connectivity index (χ4n) is 3.34. The lowest BCUT2D eigenvalue weighted by molar-refractivity contribution is -0.140. The van der Waals surface area contributed by atoms with Crippen LogP contribution >= 0.6 is 0 Å². The molecule has 3 saturated carbocycles. The molecule has 2 bridgehead atoms. The van der Waals surface area contributed by atoms with E-state index in [-0.39, 0.29) is 17.1 Å². The largest absolute Gasteiger partial charge is 0.508 e. The summed E-state index contributed by atoms with van der Waals surface area (Å²) in [5.74, 6) is 1.41. The van der Waals surface area contributed by atoms with Crippen LogP contribution < -0.4 is 0 Å². The van der Waals surface area contributed by atoms with Crippen molar-refractivity contribution in [2.75, 3.05) is 0 Å². The summed E-state index contributed by atoms with van der Waals surface area (Å²) in [5.41, 5.74) is 2.03. The minimum absolute atomic E-state index is 0.188. The highest BCUT2D eigenvalue weighted by atomic mass is 16.3. The zero-order valence-corrected chi connectivity index (χ0v) is 10.8. The van der Waals surface area contributed by atoms with Crippen molar-refractivity contribution in [1.82, 2.24) is 0 Å². The van der Waals surface area contributed by atoms with Crippen LogP contribution in [0.2, 0.25) is 0 Å². The van der Waals surface area contributed by atoms with Crippen LogP contribution in [-0.4, -0.2) is 10.9 Å². The molecular formula is C16H18O2. The van der Waals surface area contributed by atoms with Crippen LogP contribution in [-0.2, 0) is 4.79 Å². The van der Waals surface area contributed by atoms with E-state index >= 15 is 0 Å². The molecule has 0 aromatic heterocycles. The zero-order chi connectivity index (χ0) is 12.9. The van der Waals surface area contributed by atoms with Crippen molar-refractivity contribution in [2.45, 2.75) is 26.7 Å². The molecule has 1 aromatic carbocycles. The number of aromatic hydroxyl groups is 1. The molecule has 0 heterocycles. The van der Waals surface area contributed by atoms with Gasteiger partial charge in [0.25, 0.3) is 0 Å². The zero-order valence-electron chi connectivity index (χ0n) is 10.8. The number of carbonyl (C=O) groups excluding carboxylic acids is 1. The van der Waals surface area contributed by atoms with E-state index in [0.717, 1.165) is 24.0 Å². The van der Waals surface area contributed by atoms with E-state index < -0.39 is 0 Å². The number of Topliss-reactive ketones (excluding diaryl/α,β-unsaturated/α-hetero) is 1. The molecule has 1 aromatic rings. The van der Waals surface area contributed by atoms with Crippen LogP contribution in [0.5, 0.6) is 5.75 Å². The predicted octanol–water partition coefficient (Wildman–Crippen LogP) is 3.41. The summed E-state index contributed by atoms with van der Waals surface area (Å²) in [5, 5.41) is 9.44. The maximum atomic E-state index is 12.3. The third-order valence-electron chi connectivity index (χ3n) is 4.78. The summed E-state index contributed by atoms with van der Waals surface area (Å²) in [6.45, 7) is 4.41. The molecule has 4 rings (SSSR count). The van der Waals surface area contributed by atoms with Crippen LogP contribution in [0, 0.1) is 17.3 Å². The highest BCUT2D eigenvalue weighted by Gasteiger charge is 2.55. The van der Waals surface area contributed by atoms with Crippen molar-refractivity contribution >= 4 is 11.9 Å². The third-order valence-corrected chi connectivity index (χ3v) is 4.78. The first-order chi connectivity index (χ1) is 8.48. The Morgan fingerprint density at radius 2 is 2.17 bits per heavy atom. The van der Waals surface area contributed by atoms with E-state index in [1.165, 1.54) is 0 Å². The molecule has 0 radical (unpaired) electrons. The molecule has 2 unspecified atom stereocenters. The maximum absolute atomic E-state index is 12.3. The Kier molecular flexibility index (Phi) is 2.37. The molecule has 2 atom stereocenters. The Morgan fingerprint density at radius 1 is 1.39 bits per heavy atom. The Bertz CT molecular complexity index is 540. The van der Waals surface area contributed by atoms with Gasteiger partial charge in [0.15, 0.2) is 5.78 Å². The molecule has 1 N–H and O–H groups in total. The Morgan fingerprint density at radius 3 is 2.78 bits per heavy atom. The van der Waals surface area contributed by atoms with Gasteiger partial charge in [0, 0.05) is 5.92 Å². The fraction of sp³-hybridized carbons (Fsp3) is 0.438. The lowest BCUT2D eigenvalue weighted by Crippen LogP contribution is -2.53. The van der Waals surface area contributed by atoms with Gasteiger partial charge in [-0.1, -0.05) is 26.0 Å². The summed E-state index contributed by atoms with van der Waals surface area (Å²) in [4.78, 5) is 12.3. The SMILES string of the molecule is CC1(C)C2C/C(=C/c3cccc(O)c3)C(=O)C1C2. The summed E-state index contributed by atoms with van der Waals surface area (Å²) in [6, 6.07) is 7.07. The standard InChI is InChI=1S/C16H18O2/c1-16(2)12-8-11(15(18)14(16)9-12)6-10-4-3-5-13(17)7-10/h3-7,12,14,17H,8-9H2,1-2H3/b11-6-. The fourth-order valence-corrected chi connectivity index (χ4v) is 3.34. The highest BCUT2D eigenvalue weighted by Crippen LogP contribution is 2.59. The topological polar surface area (TPSA) is 37.3 Å². The van der Waals surface area contributed by atoms with Crippen molar-refractivity contribution in [3.05, 3.63) is 35.4 Å². The minimum atomic E-state index is 0.188. The molecule has 3 aliphatic carbocycles. The molecule has 0 saturated heterocycles. The Labute approximate surface area is 107 Å². The lowest BCUT2D eigenvalue weighted by Gasteiger charge is -2.56. The molecule has 2 nitrogen and oxygen atoms in total. The van der Waals surface area contributed by atoms with Gasteiger partial charge in [-0.2, -0.15) is 0 Å². The monoisotopic (exact) mass is 242 g/mol. The van der Waals surface area contributed by atoms with Gasteiger partial charge in [0.1, 0.15) is 5.75 Å². The second kappa shape index (κ2) is 3.71. The first-order valence-electron chi connectivity index (χ1n) is 6.52.